The number of amides is 1. The first-order valence-corrected chi connectivity index (χ1v) is 10.9. The summed E-state index contributed by atoms with van der Waals surface area (Å²) in [6, 6.07) is 18.4. The summed E-state index contributed by atoms with van der Waals surface area (Å²) in [6.07, 6.45) is 0.475. The Bertz CT molecular complexity index is 1460. The smallest absolute Gasteiger partial charge is 0.356 e. The van der Waals surface area contributed by atoms with E-state index in [0.29, 0.717) is 22.2 Å². The molecule has 0 saturated heterocycles. The normalized spacial score (nSPS) is 11.8. The van der Waals surface area contributed by atoms with Gasteiger partial charge in [0.25, 0.3) is 11.5 Å². The van der Waals surface area contributed by atoms with Gasteiger partial charge in [-0.1, -0.05) is 48.0 Å². The Morgan fingerprint density at radius 1 is 0.971 bits per heavy atom. The molecule has 1 N–H and O–H groups in total. The van der Waals surface area contributed by atoms with E-state index >= 15 is 0 Å². The molecule has 7 heteroatoms. The molecule has 34 heavy (non-hydrogen) atoms. The third kappa shape index (κ3) is 4.45. The Hall–Kier alpha value is -4.26. The van der Waals surface area contributed by atoms with Gasteiger partial charge in [0.05, 0.1) is 0 Å². The van der Waals surface area contributed by atoms with E-state index in [-0.39, 0.29) is 11.3 Å². The van der Waals surface area contributed by atoms with Crippen LogP contribution in [0.5, 0.6) is 0 Å². The number of hydrogen-bond donors (Lipinski definition) is 1. The Morgan fingerprint density at radius 3 is 2.32 bits per heavy atom. The minimum Gasteiger partial charge on any atom is -0.448 e. The number of carbonyl (C=O) groups excluding carboxylic acids is 2. The molecule has 1 unspecified atom stereocenters. The van der Waals surface area contributed by atoms with E-state index in [4.69, 9.17) is 4.74 Å². The van der Waals surface area contributed by atoms with Crippen LogP contribution in [-0.4, -0.2) is 27.5 Å². The second-order valence-corrected chi connectivity index (χ2v) is 8.25. The van der Waals surface area contributed by atoms with Gasteiger partial charge < -0.3 is 14.6 Å². The highest BCUT2D eigenvalue weighted by atomic mass is 16.5. The molecule has 2 heterocycles. The summed E-state index contributed by atoms with van der Waals surface area (Å²) >= 11 is 0. The van der Waals surface area contributed by atoms with Crippen molar-refractivity contribution in [2.24, 2.45) is 7.05 Å². The number of aryl methyl sites for hydroxylation is 2. The van der Waals surface area contributed by atoms with Gasteiger partial charge in [-0.3, -0.25) is 9.59 Å². The van der Waals surface area contributed by atoms with Gasteiger partial charge in [0.1, 0.15) is 11.5 Å². The lowest BCUT2D eigenvalue weighted by Gasteiger charge is -2.19. The predicted octanol–water partition coefficient (Wildman–Crippen LogP) is 4.40. The van der Waals surface area contributed by atoms with E-state index in [1.54, 1.807) is 24.4 Å². The van der Waals surface area contributed by atoms with Crippen LogP contribution < -0.4 is 10.9 Å². The van der Waals surface area contributed by atoms with Gasteiger partial charge in [0.2, 0.25) is 0 Å². The second kappa shape index (κ2) is 9.31. The van der Waals surface area contributed by atoms with Crippen molar-refractivity contribution in [1.29, 1.82) is 0 Å². The highest BCUT2D eigenvalue weighted by Gasteiger charge is 2.26. The molecular weight excluding hydrogens is 430 g/mol. The van der Waals surface area contributed by atoms with Crippen molar-refractivity contribution in [1.82, 2.24) is 9.55 Å². The summed E-state index contributed by atoms with van der Waals surface area (Å²) in [6.45, 7) is 5.34. The molecule has 0 aliphatic heterocycles. The van der Waals surface area contributed by atoms with E-state index in [2.05, 4.69) is 10.3 Å². The number of nitrogens with one attached hydrogen (secondary N) is 1. The zero-order valence-corrected chi connectivity index (χ0v) is 19.5. The zero-order valence-electron chi connectivity index (χ0n) is 19.5. The number of hydrogen-bond acceptors (Lipinski definition) is 5. The molecule has 172 valence electrons. The Balaban J connectivity index is 1.74. The molecule has 0 radical (unpaired) electrons. The third-order valence-electron chi connectivity index (χ3n) is 5.66. The number of esters is 1. The maximum Gasteiger partial charge on any atom is 0.356 e. The molecule has 0 aliphatic rings. The minimum atomic E-state index is -1.11. The lowest BCUT2D eigenvalue weighted by Crippen LogP contribution is -2.33. The Labute approximate surface area is 197 Å². The topological polar surface area (TPSA) is 90.3 Å². The van der Waals surface area contributed by atoms with Crippen LogP contribution in [0.1, 0.15) is 28.5 Å². The maximum absolute atomic E-state index is 13.4. The molecule has 0 aliphatic carbocycles. The molecular formula is C27H25N3O4. The summed E-state index contributed by atoms with van der Waals surface area (Å²) < 4.78 is 6.82. The van der Waals surface area contributed by atoms with Crippen LogP contribution >= 0.6 is 0 Å². The van der Waals surface area contributed by atoms with E-state index < -0.39 is 18.0 Å². The molecule has 4 rings (SSSR count). The van der Waals surface area contributed by atoms with Crippen molar-refractivity contribution in [2.75, 3.05) is 5.32 Å². The van der Waals surface area contributed by atoms with Crippen LogP contribution in [0.3, 0.4) is 0 Å². The Kier molecular flexibility index (Phi) is 6.27. The molecule has 0 spiro atoms. The first-order chi connectivity index (χ1) is 16.3. The van der Waals surface area contributed by atoms with E-state index in [0.717, 1.165) is 16.7 Å². The summed E-state index contributed by atoms with van der Waals surface area (Å²) in [7, 11) is 1.53. The maximum atomic E-state index is 13.4. The minimum absolute atomic E-state index is 0.0842. The summed E-state index contributed by atoms with van der Waals surface area (Å²) in [5.41, 5.74) is 3.11. The van der Waals surface area contributed by atoms with Gasteiger partial charge >= 0.3 is 5.97 Å². The summed E-state index contributed by atoms with van der Waals surface area (Å²) in [4.78, 5) is 43.2. The standard InChI is InChI=1S/C27H25N3O4/c1-16-9-11-19(12-10-16)23-20-7-5-6-8-21(20)26(32)30(4)24(23)27(33)34-18(3)25(31)29-22-15-17(2)13-14-28-22/h5-15,18H,1-4H3,(H,28,29,31). The molecule has 2 aromatic heterocycles. The first kappa shape index (κ1) is 22.9. The number of nitrogens with zero attached hydrogens (tertiary/aromatic N) is 2. The van der Waals surface area contributed by atoms with Crippen molar-refractivity contribution >= 4 is 28.5 Å². The molecule has 1 atom stereocenters. The average Bonchev–Trinajstić information content (AvgIpc) is 2.81. The first-order valence-electron chi connectivity index (χ1n) is 10.9. The third-order valence-corrected chi connectivity index (χ3v) is 5.66. The molecule has 1 amide bonds. The number of rotatable bonds is 5. The van der Waals surface area contributed by atoms with Gasteiger partial charge in [-0.25, -0.2) is 9.78 Å². The van der Waals surface area contributed by atoms with E-state index in [1.165, 1.54) is 18.5 Å². The molecule has 4 aromatic rings. The zero-order chi connectivity index (χ0) is 24.4. The van der Waals surface area contributed by atoms with Crippen LogP contribution in [0.2, 0.25) is 0 Å². The van der Waals surface area contributed by atoms with Gasteiger partial charge in [-0.2, -0.15) is 0 Å². The predicted molar refractivity (Wildman–Crippen MR) is 132 cm³/mol. The lowest BCUT2D eigenvalue weighted by atomic mass is 9.96. The van der Waals surface area contributed by atoms with Crippen molar-refractivity contribution in [3.05, 3.63) is 94.0 Å². The highest BCUT2D eigenvalue weighted by molar-refractivity contribution is 6.07. The second-order valence-electron chi connectivity index (χ2n) is 8.25. The number of fused-ring (bicyclic) bond motifs is 1. The Morgan fingerprint density at radius 2 is 1.65 bits per heavy atom. The molecule has 0 saturated carbocycles. The fraction of sp³-hybridized carbons (Fsp3) is 0.185. The fourth-order valence-electron chi connectivity index (χ4n) is 3.82. The van der Waals surface area contributed by atoms with Gasteiger partial charge in [0.15, 0.2) is 6.10 Å². The van der Waals surface area contributed by atoms with Crippen molar-refractivity contribution in [3.8, 4) is 11.1 Å². The van der Waals surface area contributed by atoms with E-state index in [9.17, 15) is 14.4 Å². The van der Waals surface area contributed by atoms with E-state index in [1.807, 2.05) is 56.3 Å². The van der Waals surface area contributed by atoms with Crippen molar-refractivity contribution in [2.45, 2.75) is 26.9 Å². The van der Waals surface area contributed by atoms with Crippen LogP contribution in [0.25, 0.3) is 21.9 Å². The number of pyridine rings is 2. The van der Waals surface area contributed by atoms with Crippen molar-refractivity contribution < 1.29 is 14.3 Å². The number of ether oxygens (including phenoxy) is 1. The monoisotopic (exact) mass is 455 g/mol. The van der Waals surface area contributed by atoms with Crippen LogP contribution in [-0.2, 0) is 16.6 Å². The van der Waals surface area contributed by atoms with Gasteiger partial charge in [-0.15, -0.1) is 0 Å². The largest absolute Gasteiger partial charge is 0.448 e. The van der Waals surface area contributed by atoms with Crippen molar-refractivity contribution in [3.63, 3.8) is 0 Å². The molecule has 0 fully saturated rings. The molecule has 7 nitrogen and oxygen atoms in total. The SMILES string of the molecule is Cc1ccc(-c2c(C(=O)OC(C)C(=O)Nc3cc(C)ccn3)n(C)c(=O)c3ccccc23)cc1. The van der Waals surface area contributed by atoms with Gasteiger partial charge in [0, 0.05) is 24.2 Å². The number of carbonyl (C=O) groups is 2. The summed E-state index contributed by atoms with van der Waals surface area (Å²) in [5, 5.41) is 3.79. The fourth-order valence-corrected chi connectivity index (χ4v) is 3.82. The molecule has 0 bridgehead atoms. The molecule has 2 aromatic carbocycles. The quantitative estimate of drug-likeness (QED) is 0.451. The number of aromatic nitrogens is 2. The van der Waals surface area contributed by atoms with Crippen LogP contribution in [0.4, 0.5) is 5.82 Å². The number of benzene rings is 2. The van der Waals surface area contributed by atoms with Crippen LogP contribution in [0.15, 0.2) is 71.7 Å². The number of anilines is 1. The average molecular weight is 456 g/mol. The van der Waals surface area contributed by atoms with Crippen LogP contribution in [0, 0.1) is 13.8 Å². The highest BCUT2D eigenvalue weighted by Crippen LogP contribution is 2.31. The summed E-state index contributed by atoms with van der Waals surface area (Å²) in [5.74, 6) is -0.916. The lowest BCUT2D eigenvalue weighted by molar-refractivity contribution is -0.123. The van der Waals surface area contributed by atoms with Gasteiger partial charge in [-0.05, 0) is 55.5 Å².